The molecule has 1 amide bonds. The number of aliphatic carboxylic acids is 1. The van der Waals surface area contributed by atoms with E-state index in [4.69, 9.17) is 5.11 Å². The van der Waals surface area contributed by atoms with Crippen molar-refractivity contribution in [2.75, 3.05) is 6.54 Å². The van der Waals surface area contributed by atoms with Crippen molar-refractivity contribution in [3.63, 3.8) is 0 Å². The molecule has 0 saturated carbocycles. The van der Waals surface area contributed by atoms with E-state index in [1.54, 1.807) is 20.8 Å². The maximum Gasteiger partial charge on any atom is 0.308 e. The van der Waals surface area contributed by atoms with Gasteiger partial charge in [0.05, 0.1) is 5.92 Å². The fraction of sp³-hybridized carbons (Fsp3) is 0.429. The largest absolute Gasteiger partial charge is 0.481 e. The molecule has 0 spiro atoms. The summed E-state index contributed by atoms with van der Waals surface area (Å²) in [5.74, 6) is -2.42. The number of carbonyl (C=O) groups is 2. The number of hydrogen-bond acceptors (Lipinski definition) is 2. The Morgan fingerprint density at radius 1 is 1.37 bits per heavy atom. The van der Waals surface area contributed by atoms with Crippen molar-refractivity contribution in [1.82, 2.24) is 5.32 Å². The van der Waals surface area contributed by atoms with Crippen molar-refractivity contribution >= 4 is 11.9 Å². The summed E-state index contributed by atoms with van der Waals surface area (Å²) in [7, 11) is 0. The second kappa shape index (κ2) is 6.31. The Balaban J connectivity index is 2.69. The van der Waals surface area contributed by atoms with Gasteiger partial charge in [0.25, 0.3) is 5.91 Å². The van der Waals surface area contributed by atoms with Crippen LogP contribution in [-0.2, 0) is 4.79 Å². The normalized spacial score (nSPS) is 12.3. The number of aryl methyl sites for hydroxylation is 1. The molecule has 1 rings (SSSR count). The molecular weight excluding hydrogens is 249 g/mol. The number of rotatable bonds is 5. The third-order valence-corrected chi connectivity index (χ3v) is 3.02. The number of carbonyl (C=O) groups excluding carboxylic acids is 1. The third kappa shape index (κ3) is 4.05. The van der Waals surface area contributed by atoms with Crippen LogP contribution in [0.15, 0.2) is 18.2 Å². The Bertz CT molecular complexity index is 486. The van der Waals surface area contributed by atoms with Crippen molar-refractivity contribution < 1.29 is 19.1 Å². The lowest BCUT2D eigenvalue weighted by molar-refractivity contribution is -0.142. The van der Waals surface area contributed by atoms with Crippen LogP contribution in [0.4, 0.5) is 4.39 Å². The fourth-order valence-electron chi connectivity index (χ4n) is 1.70. The predicted octanol–water partition coefficient (Wildman–Crippen LogP) is 2.22. The van der Waals surface area contributed by atoms with E-state index in [0.717, 1.165) is 0 Å². The molecule has 0 aliphatic heterocycles. The quantitative estimate of drug-likeness (QED) is 0.859. The van der Waals surface area contributed by atoms with E-state index in [1.165, 1.54) is 18.2 Å². The van der Waals surface area contributed by atoms with Gasteiger partial charge in [-0.3, -0.25) is 9.59 Å². The molecule has 0 saturated heterocycles. The van der Waals surface area contributed by atoms with Gasteiger partial charge in [0, 0.05) is 12.1 Å². The summed E-state index contributed by atoms with van der Waals surface area (Å²) in [5, 5.41) is 11.6. The Morgan fingerprint density at radius 2 is 2.00 bits per heavy atom. The van der Waals surface area contributed by atoms with Crippen molar-refractivity contribution in [3.8, 4) is 0 Å². The minimum atomic E-state index is -0.939. The minimum Gasteiger partial charge on any atom is -0.481 e. The van der Waals surface area contributed by atoms with Crippen LogP contribution in [0.3, 0.4) is 0 Å². The average molecular weight is 267 g/mol. The Morgan fingerprint density at radius 3 is 2.47 bits per heavy atom. The molecule has 1 atom stereocenters. The molecule has 2 N–H and O–H groups in total. The first kappa shape index (κ1) is 15.1. The van der Waals surface area contributed by atoms with E-state index < -0.39 is 17.8 Å². The predicted molar refractivity (Wildman–Crippen MR) is 69.4 cm³/mol. The molecule has 104 valence electrons. The second-order valence-corrected chi connectivity index (χ2v) is 4.86. The summed E-state index contributed by atoms with van der Waals surface area (Å²) in [6.45, 7) is 5.20. The first-order chi connectivity index (χ1) is 8.82. The molecule has 1 aromatic rings. The molecule has 0 aliphatic rings. The standard InChI is InChI=1S/C14H18FNO3/c1-8(2)11(14(18)19)7-16-13(17)10-4-5-12(15)9(3)6-10/h4-6,8,11H,7H2,1-3H3,(H,16,17)(H,18,19). The van der Waals surface area contributed by atoms with Crippen LogP contribution in [0.25, 0.3) is 0 Å². The van der Waals surface area contributed by atoms with Gasteiger partial charge in [0.2, 0.25) is 0 Å². The molecule has 0 radical (unpaired) electrons. The molecule has 1 unspecified atom stereocenters. The number of nitrogens with one attached hydrogen (secondary N) is 1. The highest BCUT2D eigenvalue weighted by Gasteiger charge is 2.22. The van der Waals surface area contributed by atoms with E-state index in [1.807, 2.05) is 0 Å². The SMILES string of the molecule is Cc1cc(C(=O)NCC(C(=O)O)C(C)C)ccc1F. The van der Waals surface area contributed by atoms with Gasteiger partial charge in [0.1, 0.15) is 5.82 Å². The van der Waals surface area contributed by atoms with Crippen LogP contribution in [0.5, 0.6) is 0 Å². The monoisotopic (exact) mass is 267 g/mol. The van der Waals surface area contributed by atoms with Crippen LogP contribution < -0.4 is 5.32 Å². The molecule has 0 aromatic heterocycles. The lowest BCUT2D eigenvalue weighted by Gasteiger charge is -2.16. The zero-order chi connectivity index (χ0) is 14.6. The van der Waals surface area contributed by atoms with Gasteiger partial charge in [-0.15, -0.1) is 0 Å². The van der Waals surface area contributed by atoms with Crippen LogP contribution >= 0.6 is 0 Å². The molecule has 0 bridgehead atoms. The van der Waals surface area contributed by atoms with Crippen LogP contribution in [-0.4, -0.2) is 23.5 Å². The van der Waals surface area contributed by atoms with Crippen LogP contribution in [0.1, 0.15) is 29.8 Å². The van der Waals surface area contributed by atoms with Crippen molar-refractivity contribution in [2.45, 2.75) is 20.8 Å². The lowest BCUT2D eigenvalue weighted by atomic mass is 9.96. The summed E-state index contributed by atoms with van der Waals surface area (Å²) in [6.07, 6.45) is 0. The maximum absolute atomic E-state index is 13.1. The molecule has 4 nitrogen and oxygen atoms in total. The molecule has 0 heterocycles. The molecular formula is C14H18FNO3. The zero-order valence-corrected chi connectivity index (χ0v) is 11.2. The van der Waals surface area contributed by atoms with Crippen LogP contribution in [0.2, 0.25) is 0 Å². The number of halogens is 1. The van der Waals surface area contributed by atoms with Gasteiger partial charge >= 0.3 is 5.97 Å². The lowest BCUT2D eigenvalue weighted by Crippen LogP contribution is -2.35. The van der Waals surface area contributed by atoms with Gasteiger partial charge < -0.3 is 10.4 Å². The molecule has 19 heavy (non-hydrogen) atoms. The van der Waals surface area contributed by atoms with Gasteiger partial charge in [-0.05, 0) is 36.6 Å². The number of amides is 1. The van der Waals surface area contributed by atoms with Gasteiger partial charge in [-0.2, -0.15) is 0 Å². The zero-order valence-electron chi connectivity index (χ0n) is 11.2. The number of carboxylic acid groups (broad SMARTS) is 1. The van der Waals surface area contributed by atoms with Crippen LogP contribution in [0, 0.1) is 24.6 Å². The van der Waals surface area contributed by atoms with E-state index in [0.29, 0.717) is 11.1 Å². The number of carboxylic acids is 1. The Kier molecular flexibility index (Phi) is 5.03. The van der Waals surface area contributed by atoms with E-state index in [9.17, 15) is 14.0 Å². The van der Waals surface area contributed by atoms with Gasteiger partial charge in [0.15, 0.2) is 0 Å². The van der Waals surface area contributed by atoms with Gasteiger partial charge in [-0.1, -0.05) is 13.8 Å². The minimum absolute atomic E-state index is 0.0578. The van der Waals surface area contributed by atoms with E-state index in [-0.39, 0.29) is 18.3 Å². The Labute approximate surface area is 111 Å². The highest BCUT2D eigenvalue weighted by molar-refractivity contribution is 5.94. The summed E-state index contributed by atoms with van der Waals surface area (Å²) in [4.78, 5) is 22.8. The second-order valence-electron chi connectivity index (χ2n) is 4.86. The average Bonchev–Trinajstić information content (AvgIpc) is 2.31. The third-order valence-electron chi connectivity index (χ3n) is 3.02. The van der Waals surface area contributed by atoms with Crippen molar-refractivity contribution in [1.29, 1.82) is 0 Å². The maximum atomic E-state index is 13.1. The number of hydrogen-bond donors (Lipinski definition) is 2. The summed E-state index contributed by atoms with van der Waals surface area (Å²) < 4.78 is 13.1. The fourth-order valence-corrected chi connectivity index (χ4v) is 1.70. The van der Waals surface area contributed by atoms with Crippen molar-refractivity contribution in [2.24, 2.45) is 11.8 Å². The smallest absolute Gasteiger partial charge is 0.308 e. The topological polar surface area (TPSA) is 66.4 Å². The molecule has 0 fully saturated rings. The molecule has 5 heteroatoms. The highest BCUT2D eigenvalue weighted by Crippen LogP contribution is 2.12. The Hall–Kier alpha value is -1.91. The first-order valence-corrected chi connectivity index (χ1v) is 6.10. The first-order valence-electron chi connectivity index (χ1n) is 6.10. The summed E-state index contributed by atoms with van der Waals surface area (Å²) in [5.41, 5.74) is 0.707. The number of benzene rings is 1. The van der Waals surface area contributed by atoms with Crippen molar-refractivity contribution in [3.05, 3.63) is 35.1 Å². The molecule has 0 aliphatic carbocycles. The highest BCUT2D eigenvalue weighted by atomic mass is 19.1. The summed E-state index contributed by atoms with van der Waals surface area (Å²) >= 11 is 0. The summed E-state index contributed by atoms with van der Waals surface area (Å²) in [6, 6.07) is 4.04. The van der Waals surface area contributed by atoms with E-state index in [2.05, 4.69) is 5.32 Å². The molecule has 1 aromatic carbocycles. The van der Waals surface area contributed by atoms with Gasteiger partial charge in [-0.25, -0.2) is 4.39 Å². The van der Waals surface area contributed by atoms with E-state index >= 15 is 0 Å².